The van der Waals surface area contributed by atoms with Crippen molar-refractivity contribution in [2.24, 2.45) is 5.41 Å². The highest BCUT2D eigenvalue weighted by Gasteiger charge is 2.10. The quantitative estimate of drug-likeness (QED) is 0.598. The third-order valence-electron chi connectivity index (χ3n) is 1.44. The standard InChI is InChI=1S/C10H15N/c1-10(2,3)8-9-6-4-5-7-11-9/h4-7H,8H2,1-3H3. The van der Waals surface area contributed by atoms with Crippen molar-refractivity contribution in [2.45, 2.75) is 27.2 Å². The van der Waals surface area contributed by atoms with E-state index in [1.54, 1.807) is 0 Å². The summed E-state index contributed by atoms with van der Waals surface area (Å²) in [6.45, 7) is 6.67. The van der Waals surface area contributed by atoms with Gasteiger partial charge in [0, 0.05) is 11.9 Å². The lowest BCUT2D eigenvalue weighted by Crippen LogP contribution is -2.09. The number of hydrogen-bond donors (Lipinski definition) is 0. The van der Waals surface area contributed by atoms with Gasteiger partial charge in [0.2, 0.25) is 0 Å². The second-order valence-electron chi connectivity index (χ2n) is 4.06. The van der Waals surface area contributed by atoms with Crippen LogP contribution in [-0.4, -0.2) is 4.98 Å². The van der Waals surface area contributed by atoms with E-state index in [-0.39, 0.29) is 0 Å². The van der Waals surface area contributed by atoms with Crippen LogP contribution in [0.5, 0.6) is 0 Å². The summed E-state index contributed by atoms with van der Waals surface area (Å²) in [5, 5.41) is 0. The highest BCUT2D eigenvalue weighted by molar-refractivity contribution is 5.04. The summed E-state index contributed by atoms with van der Waals surface area (Å²) in [5.74, 6) is 0. The summed E-state index contributed by atoms with van der Waals surface area (Å²) in [6, 6.07) is 6.06. The molecule has 0 atom stereocenters. The predicted octanol–water partition coefficient (Wildman–Crippen LogP) is 2.67. The molecule has 0 aliphatic carbocycles. The Morgan fingerprint density at radius 2 is 2.00 bits per heavy atom. The molecule has 0 radical (unpaired) electrons. The summed E-state index contributed by atoms with van der Waals surface area (Å²) in [6.07, 6.45) is 2.90. The van der Waals surface area contributed by atoms with Gasteiger partial charge in [0.05, 0.1) is 0 Å². The number of nitrogens with zero attached hydrogens (tertiary/aromatic N) is 1. The van der Waals surface area contributed by atoms with Gasteiger partial charge in [0.15, 0.2) is 0 Å². The molecule has 0 spiro atoms. The van der Waals surface area contributed by atoms with Crippen molar-refractivity contribution in [3.8, 4) is 0 Å². The van der Waals surface area contributed by atoms with Crippen molar-refractivity contribution in [1.82, 2.24) is 4.98 Å². The summed E-state index contributed by atoms with van der Waals surface area (Å²) >= 11 is 0. The van der Waals surface area contributed by atoms with Crippen molar-refractivity contribution in [1.29, 1.82) is 0 Å². The number of aromatic nitrogens is 1. The molecule has 1 aromatic heterocycles. The molecule has 0 aromatic carbocycles. The zero-order valence-corrected chi connectivity index (χ0v) is 7.46. The van der Waals surface area contributed by atoms with E-state index in [0.717, 1.165) is 6.42 Å². The third kappa shape index (κ3) is 3.17. The Kier molecular flexibility index (Phi) is 2.28. The third-order valence-corrected chi connectivity index (χ3v) is 1.44. The first kappa shape index (κ1) is 8.25. The van der Waals surface area contributed by atoms with E-state index < -0.39 is 0 Å². The van der Waals surface area contributed by atoms with Crippen LogP contribution in [-0.2, 0) is 6.42 Å². The Hall–Kier alpha value is -0.850. The van der Waals surface area contributed by atoms with Crippen LogP contribution in [0, 0.1) is 5.41 Å². The molecule has 0 bridgehead atoms. The van der Waals surface area contributed by atoms with Crippen LogP contribution in [0.25, 0.3) is 0 Å². The Morgan fingerprint density at radius 3 is 2.45 bits per heavy atom. The van der Waals surface area contributed by atoms with E-state index in [2.05, 4.69) is 31.8 Å². The smallest absolute Gasteiger partial charge is 0.0408 e. The summed E-state index contributed by atoms with van der Waals surface area (Å²) in [7, 11) is 0. The molecule has 0 saturated heterocycles. The van der Waals surface area contributed by atoms with Crippen molar-refractivity contribution in [3.63, 3.8) is 0 Å². The molecule has 11 heavy (non-hydrogen) atoms. The topological polar surface area (TPSA) is 12.9 Å². The van der Waals surface area contributed by atoms with Gasteiger partial charge in [-0.05, 0) is 24.0 Å². The molecule has 1 heterocycles. The average Bonchev–Trinajstić information content (AvgIpc) is 1.85. The molecule has 0 N–H and O–H groups in total. The maximum absolute atomic E-state index is 4.26. The zero-order chi connectivity index (χ0) is 8.32. The fourth-order valence-electron chi connectivity index (χ4n) is 1.05. The lowest BCUT2D eigenvalue weighted by atomic mass is 9.90. The minimum atomic E-state index is 0.342. The first-order chi connectivity index (χ1) is 5.08. The van der Waals surface area contributed by atoms with Crippen LogP contribution in [0.3, 0.4) is 0 Å². The van der Waals surface area contributed by atoms with Crippen molar-refractivity contribution >= 4 is 0 Å². The molecule has 0 saturated carbocycles. The molecular formula is C10H15N. The van der Waals surface area contributed by atoms with E-state index in [0.29, 0.717) is 5.41 Å². The van der Waals surface area contributed by atoms with Gasteiger partial charge >= 0.3 is 0 Å². The molecule has 0 amide bonds. The van der Waals surface area contributed by atoms with Crippen LogP contribution in [0.15, 0.2) is 24.4 Å². The second kappa shape index (κ2) is 3.04. The van der Waals surface area contributed by atoms with Gasteiger partial charge in [0.1, 0.15) is 0 Å². The monoisotopic (exact) mass is 149 g/mol. The van der Waals surface area contributed by atoms with E-state index in [4.69, 9.17) is 0 Å². The molecule has 1 aromatic rings. The minimum absolute atomic E-state index is 0.342. The van der Waals surface area contributed by atoms with E-state index in [1.807, 2.05) is 18.3 Å². The Balaban J connectivity index is 2.66. The molecular weight excluding hydrogens is 134 g/mol. The van der Waals surface area contributed by atoms with E-state index in [9.17, 15) is 0 Å². The molecule has 1 nitrogen and oxygen atoms in total. The van der Waals surface area contributed by atoms with Crippen LogP contribution in [0.2, 0.25) is 0 Å². The highest BCUT2D eigenvalue weighted by Crippen LogP contribution is 2.18. The first-order valence-electron chi connectivity index (χ1n) is 3.98. The zero-order valence-electron chi connectivity index (χ0n) is 7.46. The van der Waals surface area contributed by atoms with E-state index >= 15 is 0 Å². The molecule has 60 valence electrons. The SMILES string of the molecule is CC(C)(C)Cc1ccccn1. The normalized spacial score (nSPS) is 11.5. The van der Waals surface area contributed by atoms with Crippen LogP contribution >= 0.6 is 0 Å². The fourth-order valence-corrected chi connectivity index (χ4v) is 1.05. The van der Waals surface area contributed by atoms with Crippen molar-refractivity contribution < 1.29 is 0 Å². The average molecular weight is 149 g/mol. The van der Waals surface area contributed by atoms with Crippen molar-refractivity contribution in [2.75, 3.05) is 0 Å². The molecule has 0 aliphatic rings. The lowest BCUT2D eigenvalue weighted by Gasteiger charge is -2.16. The van der Waals surface area contributed by atoms with Crippen LogP contribution in [0.1, 0.15) is 26.5 Å². The summed E-state index contributed by atoms with van der Waals surface area (Å²) in [5.41, 5.74) is 1.52. The maximum atomic E-state index is 4.26. The number of pyridine rings is 1. The van der Waals surface area contributed by atoms with E-state index in [1.165, 1.54) is 5.69 Å². The van der Waals surface area contributed by atoms with Gasteiger partial charge in [-0.15, -0.1) is 0 Å². The van der Waals surface area contributed by atoms with Gasteiger partial charge < -0.3 is 0 Å². The highest BCUT2D eigenvalue weighted by atomic mass is 14.7. The number of rotatable bonds is 1. The minimum Gasteiger partial charge on any atom is -0.261 e. The van der Waals surface area contributed by atoms with Gasteiger partial charge in [-0.25, -0.2) is 0 Å². The number of hydrogen-bond acceptors (Lipinski definition) is 1. The molecule has 0 fully saturated rings. The Bertz CT molecular complexity index is 208. The van der Waals surface area contributed by atoms with Crippen LogP contribution in [0.4, 0.5) is 0 Å². The molecule has 0 unspecified atom stereocenters. The summed E-state index contributed by atoms with van der Waals surface area (Å²) < 4.78 is 0. The molecule has 1 heteroatoms. The Morgan fingerprint density at radius 1 is 1.27 bits per heavy atom. The largest absolute Gasteiger partial charge is 0.261 e. The lowest BCUT2D eigenvalue weighted by molar-refractivity contribution is 0.406. The maximum Gasteiger partial charge on any atom is 0.0408 e. The molecule has 0 aliphatic heterocycles. The molecule has 1 rings (SSSR count). The predicted molar refractivity (Wildman–Crippen MR) is 47.4 cm³/mol. The second-order valence-corrected chi connectivity index (χ2v) is 4.06. The van der Waals surface area contributed by atoms with Crippen LogP contribution < -0.4 is 0 Å². The van der Waals surface area contributed by atoms with Gasteiger partial charge in [-0.1, -0.05) is 26.8 Å². The Labute approximate surface area is 68.5 Å². The van der Waals surface area contributed by atoms with Gasteiger partial charge in [0.25, 0.3) is 0 Å². The fraction of sp³-hybridized carbons (Fsp3) is 0.500. The van der Waals surface area contributed by atoms with Gasteiger partial charge in [-0.2, -0.15) is 0 Å². The summed E-state index contributed by atoms with van der Waals surface area (Å²) in [4.78, 5) is 4.26. The first-order valence-corrected chi connectivity index (χ1v) is 3.98. The van der Waals surface area contributed by atoms with Gasteiger partial charge in [-0.3, -0.25) is 4.98 Å². The van der Waals surface area contributed by atoms with Crippen molar-refractivity contribution in [3.05, 3.63) is 30.1 Å².